The topological polar surface area (TPSA) is 75.7 Å². The van der Waals surface area contributed by atoms with Crippen LogP contribution in [0.25, 0.3) is 0 Å². The predicted octanol–water partition coefficient (Wildman–Crippen LogP) is 2.43. The molecule has 0 unspecified atom stereocenters. The zero-order valence-corrected chi connectivity index (χ0v) is 13.7. The highest BCUT2D eigenvalue weighted by molar-refractivity contribution is 6.09. The number of ether oxygens (including phenoxy) is 1. The van der Waals surface area contributed by atoms with E-state index in [1.54, 1.807) is 38.4 Å². The van der Waals surface area contributed by atoms with Gasteiger partial charge in [-0.05, 0) is 36.4 Å². The molecular weight excluding hydrogens is 308 g/mol. The molecule has 2 amide bonds. The van der Waals surface area contributed by atoms with Crippen molar-refractivity contribution in [3.05, 3.63) is 65.2 Å². The van der Waals surface area contributed by atoms with Crippen molar-refractivity contribution in [2.24, 2.45) is 0 Å². The number of carbonyl (C=O) groups is 3. The number of esters is 1. The minimum absolute atomic E-state index is 0.202. The zero-order chi connectivity index (χ0) is 17.7. The lowest BCUT2D eigenvalue weighted by Crippen LogP contribution is -2.24. The summed E-state index contributed by atoms with van der Waals surface area (Å²) in [5, 5.41) is 2.72. The lowest BCUT2D eigenvalue weighted by atomic mass is 10.1. The summed E-state index contributed by atoms with van der Waals surface area (Å²) < 4.78 is 4.62. The number of rotatable bonds is 4. The van der Waals surface area contributed by atoms with Crippen molar-refractivity contribution in [1.82, 2.24) is 4.90 Å². The molecule has 2 aromatic rings. The molecule has 24 heavy (non-hydrogen) atoms. The third-order valence-electron chi connectivity index (χ3n) is 3.38. The van der Waals surface area contributed by atoms with Crippen LogP contribution >= 0.6 is 0 Å². The summed E-state index contributed by atoms with van der Waals surface area (Å²) >= 11 is 0. The van der Waals surface area contributed by atoms with Crippen LogP contribution in [-0.2, 0) is 4.74 Å². The predicted molar refractivity (Wildman–Crippen MR) is 90.2 cm³/mol. The Hall–Kier alpha value is -3.15. The van der Waals surface area contributed by atoms with Crippen LogP contribution in [0.3, 0.4) is 0 Å². The molecule has 6 heteroatoms. The van der Waals surface area contributed by atoms with Gasteiger partial charge in [-0.1, -0.05) is 12.1 Å². The van der Waals surface area contributed by atoms with E-state index in [2.05, 4.69) is 10.1 Å². The van der Waals surface area contributed by atoms with E-state index in [0.717, 1.165) is 0 Å². The number of para-hydroxylation sites is 1. The zero-order valence-electron chi connectivity index (χ0n) is 13.7. The van der Waals surface area contributed by atoms with Crippen molar-refractivity contribution in [2.45, 2.75) is 0 Å². The van der Waals surface area contributed by atoms with E-state index < -0.39 is 5.97 Å². The number of benzene rings is 2. The van der Waals surface area contributed by atoms with Crippen LogP contribution in [0.2, 0.25) is 0 Å². The molecule has 0 atom stereocenters. The van der Waals surface area contributed by atoms with Gasteiger partial charge in [0.25, 0.3) is 11.8 Å². The van der Waals surface area contributed by atoms with E-state index in [1.165, 1.54) is 36.3 Å². The van der Waals surface area contributed by atoms with Crippen molar-refractivity contribution in [1.29, 1.82) is 0 Å². The highest BCUT2D eigenvalue weighted by Crippen LogP contribution is 2.18. The summed E-state index contributed by atoms with van der Waals surface area (Å²) in [6.45, 7) is 0. The number of hydrogen-bond acceptors (Lipinski definition) is 4. The maximum absolute atomic E-state index is 12.4. The lowest BCUT2D eigenvalue weighted by Gasteiger charge is -2.14. The first-order valence-corrected chi connectivity index (χ1v) is 7.24. The molecule has 0 saturated carbocycles. The van der Waals surface area contributed by atoms with E-state index in [9.17, 15) is 14.4 Å². The van der Waals surface area contributed by atoms with E-state index in [4.69, 9.17) is 0 Å². The Morgan fingerprint density at radius 1 is 0.917 bits per heavy atom. The molecule has 0 aliphatic rings. The number of amides is 2. The van der Waals surface area contributed by atoms with E-state index in [1.807, 2.05) is 0 Å². The van der Waals surface area contributed by atoms with Crippen LogP contribution in [0, 0.1) is 0 Å². The molecule has 0 saturated heterocycles. The van der Waals surface area contributed by atoms with Gasteiger partial charge in [0.05, 0.1) is 23.9 Å². The van der Waals surface area contributed by atoms with Gasteiger partial charge in [0.1, 0.15) is 0 Å². The molecule has 0 radical (unpaired) electrons. The Balaban J connectivity index is 2.21. The van der Waals surface area contributed by atoms with Crippen LogP contribution in [0.15, 0.2) is 48.5 Å². The van der Waals surface area contributed by atoms with Gasteiger partial charge in [-0.2, -0.15) is 0 Å². The van der Waals surface area contributed by atoms with Crippen molar-refractivity contribution in [3.63, 3.8) is 0 Å². The molecule has 0 aliphatic carbocycles. The van der Waals surface area contributed by atoms with Gasteiger partial charge in [0, 0.05) is 19.7 Å². The number of nitrogens with one attached hydrogen (secondary N) is 1. The average molecular weight is 326 g/mol. The Labute approximate surface area is 140 Å². The minimum Gasteiger partial charge on any atom is -0.465 e. The molecule has 6 nitrogen and oxygen atoms in total. The molecule has 2 rings (SSSR count). The number of carbonyl (C=O) groups excluding carboxylic acids is 3. The van der Waals surface area contributed by atoms with Crippen LogP contribution < -0.4 is 5.32 Å². The van der Waals surface area contributed by atoms with E-state index in [0.29, 0.717) is 22.4 Å². The second kappa shape index (κ2) is 7.41. The third kappa shape index (κ3) is 3.78. The minimum atomic E-state index is -0.469. The smallest absolute Gasteiger partial charge is 0.337 e. The van der Waals surface area contributed by atoms with Gasteiger partial charge < -0.3 is 15.0 Å². The average Bonchev–Trinajstić information content (AvgIpc) is 2.60. The van der Waals surface area contributed by atoms with Crippen molar-refractivity contribution in [3.8, 4) is 0 Å². The van der Waals surface area contributed by atoms with E-state index >= 15 is 0 Å². The van der Waals surface area contributed by atoms with Crippen LogP contribution in [0.4, 0.5) is 5.69 Å². The molecule has 0 heterocycles. The first-order valence-electron chi connectivity index (χ1n) is 7.24. The highest BCUT2D eigenvalue weighted by Gasteiger charge is 2.15. The summed E-state index contributed by atoms with van der Waals surface area (Å²) in [4.78, 5) is 37.4. The summed E-state index contributed by atoms with van der Waals surface area (Å²) in [7, 11) is 4.58. The summed E-state index contributed by atoms with van der Waals surface area (Å²) in [5.41, 5.74) is 1.56. The highest BCUT2D eigenvalue weighted by atomic mass is 16.5. The molecule has 0 bridgehead atoms. The number of nitrogens with zero attached hydrogens (tertiary/aromatic N) is 1. The molecule has 0 aliphatic heterocycles. The quantitative estimate of drug-likeness (QED) is 0.876. The maximum atomic E-state index is 12.4. The monoisotopic (exact) mass is 326 g/mol. The SMILES string of the molecule is COC(=O)c1ccc(C(=O)Nc2ccccc2C(=O)N(C)C)cc1. The molecule has 1 N–H and O–H groups in total. The molecular formula is C18H18N2O4. The van der Waals surface area contributed by atoms with E-state index in [-0.39, 0.29) is 11.8 Å². The Morgan fingerprint density at radius 3 is 2.08 bits per heavy atom. The molecule has 0 spiro atoms. The Bertz CT molecular complexity index is 767. The standard InChI is InChI=1S/C18H18N2O4/c1-20(2)17(22)14-6-4-5-7-15(14)19-16(21)12-8-10-13(11-9-12)18(23)24-3/h4-11H,1-3H3,(H,19,21). The van der Waals surface area contributed by atoms with Crippen molar-refractivity contribution in [2.75, 3.05) is 26.5 Å². The van der Waals surface area contributed by atoms with Gasteiger partial charge in [0.2, 0.25) is 0 Å². The van der Waals surface area contributed by atoms with Crippen molar-refractivity contribution < 1.29 is 19.1 Å². The van der Waals surface area contributed by atoms with Gasteiger partial charge in [-0.3, -0.25) is 9.59 Å². The molecule has 124 valence electrons. The van der Waals surface area contributed by atoms with Crippen LogP contribution in [0.5, 0.6) is 0 Å². The van der Waals surface area contributed by atoms with Gasteiger partial charge in [0.15, 0.2) is 0 Å². The van der Waals surface area contributed by atoms with Gasteiger partial charge in [-0.25, -0.2) is 4.79 Å². The number of hydrogen-bond donors (Lipinski definition) is 1. The fourth-order valence-electron chi connectivity index (χ4n) is 2.09. The first-order chi connectivity index (χ1) is 11.4. The number of methoxy groups -OCH3 is 1. The summed E-state index contributed by atoms with van der Waals surface area (Å²) in [6, 6.07) is 12.9. The van der Waals surface area contributed by atoms with Crippen molar-refractivity contribution >= 4 is 23.5 Å². The normalized spacial score (nSPS) is 9.96. The second-order valence-corrected chi connectivity index (χ2v) is 5.27. The van der Waals surface area contributed by atoms with Crippen LogP contribution in [-0.4, -0.2) is 43.9 Å². The van der Waals surface area contributed by atoms with Gasteiger partial charge >= 0.3 is 5.97 Å². The molecule has 0 fully saturated rings. The first kappa shape index (κ1) is 17.2. The Kier molecular flexibility index (Phi) is 5.31. The fraction of sp³-hybridized carbons (Fsp3) is 0.167. The Morgan fingerprint density at radius 2 is 1.50 bits per heavy atom. The maximum Gasteiger partial charge on any atom is 0.337 e. The largest absolute Gasteiger partial charge is 0.465 e. The molecule has 2 aromatic carbocycles. The molecule has 0 aromatic heterocycles. The second-order valence-electron chi connectivity index (χ2n) is 5.27. The lowest BCUT2D eigenvalue weighted by molar-refractivity contribution is 0.0600. The van der Waals surface area contributed by atoms with Crippen LogP contribution in [0.1, 0.15) is 31.1 Å². The summed E-state index contributed by atoms with van der Waals surface area (Å²) in [5.74, 6) is -1.04. The third-order valence-corrected chi connectivity index (χ3v) is 3.38. The summed E-state index contributed by atoms with van der Waals surface area (Å²) in [6.07, 6.45) is 0. The number of anilines is 1. The fourth-order valence-corrected chi connectivity index (χ4v) is 2.09. The van der Waals surface area contributed by atoms with Gasteiger partial charge in [-0.15, -0.1) is 0 Å².